The molecule has 31 heavy (non-hydrogen) atoms. The number of rotatable bonds is 13. The molecule has 0 aromatic carbocycles. The Balaban J connectivity index is 2.27. The fourth-order valence-electron chi connectivity index (χ4n) is 4.95. The highest BCUT2D eigenvalue weighted by Crippen LogP contribution is 2.45. The summed E-state index contributed by atoms with van der Waals surface area (Å²) in [5.74, 6) is -2.10. The summed E-state index contributed by atoms with van der Waals surface area (Å²) in [5, 5.41) is 12.1. The lowest BCUT2D eigenvalue weighted by Crippen LogP contribution is -2.47. The minimum Gasteiger partial charge on any atom is -0.466 e. The summed E-state index contributed by atoms with van der Waals surface area (Å²) in [6.07, 6.45) is 9.93. The molecule has 1 fully saturated rings. The molecule has 0 spiro atoms. The molecule has 0 unspecified atom stereocenters. The van der Waals surface area contributed by atoms with E-state index in [1.165, 1.54) is 0 Å². The van der Waals surface area contributed by atoms with Gasteiger partial charge in [0.05, 0.1) is 18.4 Å². The van der Waals surface area contributed by atoms with Crippen LogP contribution in [0.4, 0.5) is 0 Å². The van der Waals surface area contributed by atoms with E-state index in [1.54, 1.807) is 11.8 Å². The number of carbonyl (C=O) groups excluding carboxylic acids is 3. The molecular weight excluding hydrogens is 396 g/mol. The number of fused-ring (bicyclic) bond motifs is 1. The summed E-state index contributed by atoms with van der Waals surface area (Å²) in [5.41, 5.74) is 0. The van der Waals surface area contributed by atoms with E-state index in [0.717, 1.165) is 38.5 Å². The Morgan fingerprint density at radius 2 is 1.87 bits per heavy atom. The Bertz CT molecular complexity index is 635. The summed E-state index contributed by atoms with van der Waals surface area (Å²) >= 11 is 0. The molecule has 0 radical (unpaired) electrons. The van der Waals surface area contributed by atoms with Crippen LogP contribution in [0.3, 0.4) is 0 Å². The van der Waals surface area contributed by atoms with E-state index in [-0.39, 0.29) is 42.8 Å². The van der Waals surface area contributed by atoms with Crippen molar-refractivity contribution in [1.29, 1.82) is 0 Å². The molecule has 7 heteroatoms. The van der Waals surface area contributed by atoms with Crippen LogP contribution in [0, 0.1) is 23.7 Å². The van der Waals surface area contributed by atoms with Crippen molar-refractivity contribution in [2.75, 3.05) is 26.3 Å². The van der Waals surface area contributed by atoms with Gasteiger partial charge in [0.1, 0.15) is 6.04 Å². The van der Waals surface area contributed by atoms with Crippen molar-refractivity contribution in [3.8, 4) is 0 Å². The molecule has 2 N–H and O–H groups in total. The number of allylic oxidation sites excluding steroid dienone is 1. The summed E-state index contributed by atoms with van der Waals surface area (Å²) in [6.45, 7) is 7.33. The monoisotopic (exact) mass is 436 g/mol. The average Bonchev–Trinajstić information content (AvgIpc) is 3.05. The van der Waals surface area contributed by atoms with Gasteiger partial charge in [-0.15, -0.1) is 0 Å². The number of unbranched alkanes of at least 4 members (excludes halogenated alkanes) is 4. The Labute approximate surface area is 186 Å². The highest BCUT2D eigenvalue weighted by Gasteiger charge is 2.57. The number of hydrogen-bond acceptors (Lipinski definition) is 5. The van der Waals surface area contributed by atoms with Crippen LogP contribution in [-0.2, 0) is 19.1 Å². The van der Waals surface area contributed by atoms with Crippen molar-refractivity contribution in [3.63, 3.8) is 0 Å². The van der Waals surface area contributed by atoms with Crippen LogP contribution in [0.1, 0.15) is 65.7 Å². The largest absolute Gasteiger partial charge is 0.466 e. The van der Waals surface area contributed by atoms with Crippen molar-refractivity contribution in [1.82, 2.24) is 10.2 Å². The van der Waals surface area contributed by atoms with Crippen LogP contribution >= 0.6 is 0 Å². The van der Waals surface area contributed by atoms with Gasteiger partial charge in [0.15, 0.2) is 0 Å². The number of ether oxygens (including phenoxy) is 1. The molecule has 0 aromatic heterocycles. The van der Waals surface area contributed by atoms with Crippen LogP contribution in [0.15, 0.2) is 12.2 Å². The number of esters is 1. The third-order valence-corrected chi connectivity index (χ3v) is 6.55. The minimum absolute atomic E-state index is 0.0631. The van der Waals surface area contributed by atoms with Gasteiger partial charge < -0.3 is 20.1 Å². The van der Waals surface area contributed by atoms with Gasteiger partial charge >= 0.3 is 5.97 Å². The summed E-state index contributed by atoms with van der Waals surface area (Å²) in [7, 11) is 0. The van der Waals surface area contributed by atoms with Crippen molar-refractivity contribution in [2.45, 2.75) is 71.8 Å². The predicted molar refractivity (Wildman–Crippen MR) is 119 cm³/mol. The maximum absolute atomic E-state index is 13.5. The SMILES string of the molecule is CCCCCNC(=O)[C@@H]1[C@H]2C=C[C@@H](CC)[C@@H](C(=O)OCC)[C@H]2C(=O)N1CCCCCO. The van der Waals surface area contributed by atoms with E-state index < -0.39 is 17.9 Å². The normalized spacial score (nSPS) is 27.3. The lowest BCUT2D eigenvalue weighted by molar-refractivity contribution is -0.155. The standard InChI is InChI=1S/C24H40N2O5/c1-4-7-9-14-25-22(28)21-18-13-12-17(5-2)19(24(30)31-6-3)20(18)23(29)26(21)15-10-8-11-16-27/h12-13,17-21,27H,4-11,14-16H2,1-3H3,(H,25,28)/t17-,18+,19-,20+,21+/m1/s1. The lowest BCUT2D eigenvalue weighted by atomic mass is 9.69. The molecular formula is C24H40N2O5. The van der Waals surface area contributed by atoms with E-state index >= 15 is 0 Å². The van der Waals surface area contributed by atoms with E-state index in [4.69, 9.17) is 9.84 Å². The quantitative estimate of drug-likeness (QED) is 0.263. The second-order valence-electron chi connectivity index (χ2n) is 8.60. The summed E-state index contributed by atoms with van der Waals surface area (Å²) in [4.78, 5) is 41.2. The molecule has 7 nitrogen and oxygen atoms in total. The number of aliphatic hydroxyl groups is 1. The first kappa shape index (κ1) is 25.4. The van der Waals surface area contributed by atoms with Gasteiger partial charge in [-0.2, -0.15) is 0 Å². The van der Waals surface area contributed by atoms with Crippen molar-refractivity contribution in [2.24, 2.45) is 23.7 Å². The first-order valence-electron chi connectivity index (χ1n) is 12.1. The molecule has 5 atom stereocenters. The lowest BCUT2D eigenvalue weighted by Gasteiger charge is -2.33. The van der Waals surface area contributed by atoms with E-state index in [0.29, 0.717) is 19.5 Å². The molecule has 0 saturated carbocycles. The number of carbonyl (C=O) groups is 3. The number of amides is 2. The van der Waals surface area contributed by atoms with E-state index in [9.17, 15) is 14.4 Å². The smallest absolute Gasteiger partial charge is 0.310 e. The van der Waals surface area contributed by atoms with Gasteiger partial charge in [-0.25, -0.2) is 0 Å². The van der Waals surface area contributed by atoms with Crippen LogP contribution in [-0.4, -0.2) is 60.1 Å². The molecule has 1 saturated heterocycles. The molecule has 0 aromatic rings. The van der Waals surface area contributed by atoms with Crippen LogP contribution in [0.2, 0.25) is 0 Å². The van der Waals surface area contributed by atoms with Gasteiger partial charge in [0, 0.05) is 25.6 Å². The summed E-state index contributed by atoms with van der Waals surface area (Å²) in [6, 6.07) is -0.598. The van der Waals surface area contributed by atoms with E-state index in [1.807, 2.05) is 19.1 Å². The zero-order valence-corrected chi connectivity index (χ0v) is 19.3. The Hall–Kier alpha value is -1.89. The molecule has 2 amide bonds. The fourth-order valence-corrected chi connectivity index (χ4v) is 4.95. The first-order chi connectivity index (χ1) is 15.0. The molecule has 1 heterocycles. The third kappa shape index (κ3) is 6.09. The number of aliphatic hydroxyl groups excluding tert-OH is 1. The molecule has 176 valence electrons. The fraction of sp³-hybridized carbons (Fsp3) is 0.792. The highest BCUT2D eigenvalue weighted by atomic mass is 16.5. The van der Waals surface area contributed by atoms with Crippen LogP contribution in [0.25, 0.3) is 0 Å². The summed E-state index contributed by atoms with van der Waals surface area (Å²) < 4.78 is 5.33. The maximum atomic E-state index is 13.5. The molecule has 0 bridgehead atoms. The molecule has 1 aliphatic carbocycles. The topological polar surface area (TPSA) is 95.9 Å². The highest BCUT2D eigenvalue weighted by molar-refractivity contribution is 5.96. The van der Waals surface area contributed by atoms with Gasteiger partial charge in [0.2, 0.25) is 11.8 Å². The average molecular weight is 437 g/mol. The Kier molecular flexibility index (Phi) is 10.5. The number of nitrogens with zero attached hydrogens (tertiary/aromatic N) is 1. The first-order valence-corrected chi connectivity index (χ1v) is 12.1. The zero-order valence-electron chi connectivity index (χ0n) is 19.3. The van der Waals surface area contributed by atoms with Gasteiger partial charge in [-0.05, 0) is 44.9 Å². The minimum atomic E-state index is -0.598. The third-order valence-electron chi connectivity index (χ3n) is 6.55. The van der Waals surface area contributed by atoms with Crippen molar-refractivity contribution >= 4 is 17.8 Å². The zero-order chi connectivity index (χ0) is 22.8. The molecule has 1 aliphatic heterocycles. The van der Waals surface area contributed by atoms with Gasteiger partial charge in [-0.1, -0.05) is 38.8 Å². The second kappa shape index (κ2) is 12.8. The van der Waals surface area contributed by atoms with Crippen molar-refractivity contribution in [3.05, 3.63) is 12.2 Å². The van der Waals surface area contributed by atoms with Gasteiger partial charge in [-0.3, -0.25) is 14.4 Å². The Morgan fingerprint density at radius 3 is 2.52 bits per heavy atom. The number of likely N-dealkylation sites (tertiary alicyclic amines) is 1. The molecule has 2 rings (SSSR count). The number of hydrogen-bond donors (Lipinski definition) is 2. The number of nitrogens with one attached hydrogen (secondary N) is 1. The van der Waals surface area contributed by atoms with E-state index in [2.05, 4.69) is 12.2 Å². The maximum Gasteiger partial charge on any atom is 0.310 e. The predicted octanol–water partition coefficient (Wildman–Crippen LogP) is 2.67. The van der Waals surface area contributed by atoms with Crippen molar-refractivity contribution < 1.29 is 24.2 Å². The Morgan fingerprint density at radius 1 is 1.10 bits per heavy atom. The van der Waals surface area contributed by atoms with Crippen LogP contribution in [0.5, 0.6) is 0 Å². The van der Waals surface area contributed by atoms with Crippen LogP contribution < -0.4 is 5.32 Å². The molecule has 2 aliphatic rings. The van der Waals surface area contributed by atoms with Gasteiger partial charge in [0.25, 0.3) is 0 Å². The second-order valence-corrected chi connectivity index (χ2v) is 8.60.